The molecule has 0 aliphatic carbocycles. The Morgan fingerprint density at radius 3 is 2.65 bits per heavy atom. The summed E-state index contributed by atoms with van der Waals surface area (Å²) < 4.78 is 13.0. The summed E-state index contributed by atoms with van der Waals surface area (Å²) in [6.45, 7) is 3.21. The summed E-state index contributed by atoms with van der Waals surface area (Å²) in [5, 5.41) is 3.25. The number of hydrogen-bond acceptors (Lipinski definition) is 5. The highest BCUT2D eigenvalue weighted by atomic mass is 19.1. The molecule has 2 aliphatic rings. The second-order valence-corrected chi connectivity index (χ2v) is 6.83. The van der Waals surface area contributed by atoms with Crippen molar-refractivity contribution in [3.05, 3.63) is 48.0 Å². The summed E-state index contributed by atoms with van der Waals surface area (Å²) in [6.07, 6.45) is 4.65. The van der Waals surface area contributed by atoms with Gasteiger partial charge in [-0.1, -0.05) is 12.1 Å². The van der Waals surface area contributed by atoms with E-state index in [1.54, 1.807) is 23.4 Å². The minimum atomic E-state index is -0.281. The number of rotatable bonds is 5. The van der Waals surface area contributed by atoms with Gasteiger partial charge in [0, 0.05) is 32.2 Å². The van der Waals surface area contributed by atoms with Crippen molar-refractivity contribution >= 4 is 17.5 Å². The van der Waals surface area contributed by atoms with Crippen molar-refractivity contribution < 1.29 is 9.18 Å². The molecule has 1 aromatic heterocycles. The zero-order valence-corrected chi connectivity index (χ0v) is 14.6. The maximum absolute atomic E-state index is 13.0. The Kier molecular flexibility index (Phi) is 4.69. The number of hydrogen-bond donors (Lipinski definition) is 1. The Hall–Kier alpha value is -2.70. The van der Waals surface area contributed by atoms with Gasteiger partial charge in [0.1, 0.15) is 29.8 Å². The number of carbonyl (C=O) groups excluding carboxylic acids is 1. The van der Waals surface area contributed by atoms with Gasteiger partial charge in [-0.25, -0.2) is 14.4 Å². The Balaban J connectivity index is 1.39. The van der Waals surface area contributed by atoms with Crippen LogP contribution < -0.4 is 10.2 Å². The summed E-state index contributed by atoms with van der Waals surface area (Å²) in [4.78, 5) is 25.3. The van der Waals surface area contributed by atoms with Crippen LogP contribution in [0.25, 0.3) is 0 Å². The van der Waals surface area contributed by atoms with Crippen molar-refractivity contribution in [3.63, 3.8) is 0 Å². The van der Waals surface area contributed by atoms with Crippen molar-refractivity contribution in [2.45, 2.75) is 31.8 Å². The van der Waals surface area contributed by atoms with E-state index in [2.05, 4.69) is 20.2 Å². The third-order valence-corrected chi connectivity index (χ3v) is 4.99. The van der Waals surface area contributed by atoms with Crippen LogP contribution in [0.1, 0.15) is 24.8 Å². The lowest BCUT2D eigenvalue weighted by atomic mass is 10.2. The summed E-state index contributed by atoms with van der Waals surface area (Å²) in [5.74, 6) is 1.38. The predicted molar refractivity (Wildman–Crippen MR) is 97.3 cm³/mol. The first-order valence-corrected chi connectivity index (χ1v) is 9.06. The van der Waals surface area contributed by atoms with E-state index in [1.807, 2.05) is 6.07 Å². The third kappa shape index (κ3) is 3.61. The quantitative estimate of drug-likeness (QED) is 0.893. The number of halogens is 1. The number of nitrogens with zero attached hydrogens (tertiary/aromatic N) is 4. The van der Waals surface area contributed by atoms with Gasteiger partial charge >= 0.3 is 0 Å². The van der Waals surface area contributed by atoms with Crippen LogP contribution >= 0.6 is 0 Å². The topological polar surface area (TPSA) is 61.4 Å². The molecule has 0 bridgehead atoms. The largest absolute Gasteiger partial charge is 0.358 e. The Morgan fingerprint density at radius 2 is 1.88 bits per heavy atom. The maximum Gasteiger partial charge on any atom is 0.245 e. The van der Waals surface area contributed by atoms with Crippen LogP contribution in [0, 0.1) is 5.82 Å². The molecular weight excluding hydrogens is 333 g/mol. The van der Waals surface area contributed by atoms with Crippen LogP contribution in [0.5, 0.6) is 0 Å². The van der Waals surface area contributed by atoms with Gasteiger partial charge in [0.05, 0.1) is 0 Å². The average Bonchev–Trinajstić information content (AvgIpc) is 3.30. The lowest BCUT2D eigenvalue weighted by Gasteiger charge is -2.19. The van der Waals surface area contributed by atoms with E-state index in [1.165, 1.54) is 25.0 Å². The van der Waals surface area contributed by atoms with Gasteiger partial charge in [-0.15, -0.1) is 0 Å². The van der Waals surface area contributed by atoms with E-state index in [9.17, 15) is 9.18 Å². The Labute approximate surface area is 152 Å². The van der Waals surface area contributed by atoms with Crippen LogP contribution in [0.4, 0.5) is 16.0 Å². The van der Waals surface area contributed by atoms with E-state index >= 15 is 0 Å². The lowest BCUT2D eigenvalue weighted by Crippen LogP contribution is -2.33. The first kappa shape index (κ1) is 16.8. The summed E-state index contributed by atoms with van der Waals surface area (Å²) in [7, 11) is 0. The molecule has 2 aliphatic heterocycles. The van der Waals surface area contributed by atoms with Crippen molar-refractivity contribution in [3.8, 4) is 0 Å². The first-order valence-electron chi connectivity index (χ1n) is 9.06. The van der Waals surface area contributed by atoms with Crippen molar-refractivity contribution in [1.29, 1.82) is 0 Å². The van der Waals surface area contributed by atoms with Gasteiger partial charge < -0.3 is 15.1 Å². The molecule has 0 radical (unpaired) electrons. The highest BCUT2D eigenvalue weighted by Gasteiger charge is 2.31. The van der Waals surface area contributed by atoms with E-state index < -0.39 is 0 Å². The molecule has 2 aromatic rings. The Bertz CT molecular complexity index is 776. The van der Waals surface area contributed by atoms with E-state index in [0.717, 1.165) is 30.9 Å². The molecular formula is C19H22FN5O. The first-order chi connectivity index (χ1) is 12.7. The van der Waals surface area contributed by atoms with Gasteiger partial charge in [0.25, 0.3) is 0 Å². The van der Waals surface area contributed by atoms with Gasteiger partial charge in [-0.05, 0) is 37.0 Å². The number of amides is 1. The predicted octanol–water partition coefficient (Wildman–Crippen LogP) is 2.43. The maximum atomic E-state index is 13.0. The molecule has 0 spiro atoms. The number of nitrogens with one attached hydrogen (secondary N) is 1. The number of benzene rings is 1. The molecule has 0 saturated carbocycles. The zero-order chi connectivity index (χ0) is 17.9. The Morgan fingerprint density at radius 1 is 1.12 bits per heavy atom. The summed E-state index contributed by atoms with van der Waals surface area (Å²) >= 11 is 0. The molecule has 6 nitrogen and oxygen atoms in total. The van der Waals surface area contributed by atoms with Crippen molar-refractivity contribution in [2.75, 3.05) is 29.9 Å². The molecule has 1 atom stereocenters. The van der Waals surface area contributed by atoms with Gasteiger partial charge in [-0.3, -0.25) is 4.79 Å². The molecule has 1 unspecified atom stereocenters. The minimum absolute atomic E-state index is 0.0515. The second-order valence-electron chi connectivity index (χ2n) is 6.83. The molecule has 7 heteroatoms. The van der Waals surface area contributed by atoms with Crippen LogP contribution in [-0.4, -0.2) is 46.5 Å². The molecule has 1 amide bonds. The summed E-state index contributed by atoms with van der Waals surface area (Å²) in [5.41, 5.74) is 0.929. The fourth-order valence-corrected chi connectivity index (χ4v) is 3.56. The lowest BCUT2D eigenvalue weighted by molar-refractivity contribution is -0.128. The molecule has 2 saturated heterocycles. The number of aromatic nitrogens is 2. The molecule has 26 heavy (non-hydrogen) atoms. The summed E-state index contributed by atoms with van der Waals surface area (Å²) in [6, 6.07) is 7.92. The highest BCUT2D eigenvalue weighted by Crippen LogP contribution is 2.22. The molecule has 3 heterocycles. The van der Waals surface area contributed by atoms with Crippen molar-refractivity contribution in [1.82, 2.24) is 14.9 Å². The van der Waals surface area contributed by atoms with Gasteiger partial charge in [0.15, 0.2) is 0 Å². The van der Waals surface area contributed by atoms with Crippen LogP contribution in [0.2, 0.25) is 0 Å². The van der Waals surface area contributed by atoms with E-state index in [-0.39, 0.29) is 17.8 Å². The van der Waals surface area contributed by atoms with Crippen LogP contribution in [0.15, 0.2) is 36.7 Å². The zero-order valence-electron chi connectivity index (χ0n) is 14.6. The average molecular weight is 355 g/mol. The van der Waals surface area contributed by atoms with E-state index in [4.69, 9.17) is 0 Å². The molecule has 1 aromatic carbocycles. The second kappa shape index (κ2) is 7.27. The molecule has 136 valence electrons. The van der Waals surface area contributed by atoms with Gasteiger partial charge in [-0.2, -0.15) is 0 Å². The fourth-order valence-electron chi connectivity index (χ4n) is 3.56. The SMILES string of the molecule is O=C1C(Nc2cc(N3CCCC3)ncn2)CCN1Cc1ccc(F)cc1. The number of carbonyl (C=O) groups is 1. The molecule has 2 fully saturated rings. The highest BCUT2D eigenvalue weighted by molar-refractivity contribution is 5.86. The monoisotopic (exact) mass is 355 g/mol. The minimum Gasteiger partial charge on any atom is -0.358 e. The normalized spacial score (nSPS) is 20.0. The van der Waals surface area contributed by atoms with Gasteiger partial charge in [0.2, 0.25) is 5.91 Å². The number of likely N-dealkylation sites (tertiary alicyclic amines) is 1. The fraction of sp³-hybridized carbons (Fsp3) is 0.421. The number of anilines is 2. The van der Waals surface area contributed by atoms with Crippen molar-refractivity contribution in [2.24, 2.45) is 0 Å². The van der Waals surface area contributed by atoms with Crippen LogP contribution in [-0.2, 0) is 11.3 Å². The van der Waals surface area contributed by atoms with Crippen LogP contribution in [0.3, 0.4) is 0 Å². The smallest absolute Gasteiger partial charge is 0.245 e. The standard InChI is InChI=1S/C19H22FN5O/c20-15-5-3-14(4-6-15)12-25-10-7-16(19(25)26)23-17-11-18(22-13-21-17)24-8-1-2-9-24/h3-6,11,13,16H,1-2,7-10,12H2,(H,21,22,23). The molecule has 4 rings (SSSR count). The van der Waals surface area contributed by atoms with E-state index in [0.29, 0.717) is 18.9 Å². The third-order valence-electron chi connectivity index (χ3n) is 4.99. The molecule has 1 N–H and O–H groups in total.